The maximum atomic E-state index is 13.5. The number of thioether (sulfide) groups is 1. The zero-order chi connectivity index (χ0) is 25.5. The van der Waals surface area contributed by atoms with E-state index in [1.54, 1.807) is 11.8 Å². The van der Waals surface area contributed by atoms with E-state index in [0.717, 1.165) is 21.9 Å². The molecule has 6 rings (SSSR count). The maximum absolute atomic E-state index is 13.5. The number of carbonyl (C=O) groups excluding carboxylic acids is 2. The average molecular weight is 527 g/mol. The summed E-state index contributed by atoms with van der Waals surface area (Å²) in [7, 11) is 0. The second-order valence-electron chi connectivity index (χ2n) is 11.7. The number of H-pyrrole nitrogens is 1. The number of carboxylic acid groups (broad SMARTS) is 1. The van der Waals surface area contributed by atoms with Crippen LogP contribution < -0.4 is 4.87 Å². The van der Waals surface area contributed by atoms with Crippen LogP contribution in [0.2, 0.25) is 0 Å². The molecule has 36 heavy (non-hydrogen) atoms. The van der Waals surface area contributed by atoms with Crippen molar-refractivity contribution >= 4 is 40.9 Å². The van der Waals surface area contributed by atoms with E-state index in [9.17, 15) is 19.2 Å². The summed E-state index contributed by atoms with van der Waals surface area (Å²) in [4.78, 5) is 55.6. The van der Waals surface area contributed by atoms with Crippen LogP contribution in [0.4, 0.5) is 0 Å². The third-order valence-electron chi connectivity index (χ3n) is 8.72. The van der Waals surface area contributed by atoms with Crippen LogP contribution in [0.5, 0.6) is 0 Å². The molecule has 2 aliphatic heterocycles. The molecule has 190 valence electrons. The smallest absolute Gasteiger partial charge is 0.305 e. The number of aromatic nitrogens is 1. The van der Waals surface area contributed by atoms with Gasteiger partial charge in [0.25, 0.3) is 0 Å². The van der Waals surface area contributed by atoms with E-state index < -0.39 is 5.97 Å². The van der Waals surface area contributed by atoms with E-state index in [4.69, 9.17) is 5.11 Å². The molecule has 2 amide bonds. The predicted octanol–water partition coefficient (Wildman–Crippen LogP) is 4.07. The molecule has 1 saturated heterocycles. The summed E-state index contributed by atoms with van der Waals surface area (Å²) in [6.45, 7) is 6.74. The van der Waals surface area contributed by atoms with Crippen LogP contribution in [0.1, 0.15) is 62.0 Å². The van der Waals surface area contributed by atoms with Crippen molar-refractivity contribution in [3.8, 4) is 0 Å². The van der Waals surface area contributed by atoms with Gasteiger partial charge in [0.05, 0.1) is 16.9 Å². The number of carboxylic acids is 1. The fourth-order valence-corrected chi connectivity index (χ4v) is 10.1. The van der Waals surface area contributed by atoms with Crippen molar-refractivity contribution in [3.05, 3.63) is 49.9 Å². The van der Waals surface area contributed by atoms with Crippen molar-refractivity contribution in [2.45, 2.75) is 61.6 Å². The standard InChI is InChI=1S/C27H30N2O5S2/c1-27(2,3)13-8-6-12(7-9-13)17-18-14-11-15(21(18)35-23-22(17)36-26(34)28-23)20-19(14)24(32)29(25(20)33)10-4-5-16(30)31/h6-9,14-15,17-21H,4-5,10-11H2,1-3H3,(H,28,34)(H,30,31)/t14-,15+,17-,18+,19+,20+,21-/m0/s1. The van der Waals surface area contributed by atoms with Gasteiger partial charge in [-0.15, -0.1) is 11.8 Å². The summed E-state index contributed by atoms with van der Waals surface area (Å²) >= 11 is 2.96. The number of rotatable bonds is 5. The Balaban J connectivity index is 1.36. The molecule has 2 aliphatic carbocycles. The van der Waals surface area contributed by atoms with Gasteiger partial charge in [-0.25, -0.2) is 0 Å². The maximum Gasteiger partial charge on any atom is 0.305 e. The minimum atomic E-state index is -0.919. The highest BCUT2D eigenvalue weighted by molar-refractivity contribution is 8.00. The van der Waals surface area contributed by atoms with Gasteiger partial charge < -0.3 is 10.1 Å². The molecule has 3 fully saturated rings. The Labute approximate surface area is 217 Å². The van der Waals surface area contributed by atoms with Crippen LogP contribution in [0.3, 0.4) is 0 Å². The first-order valence-electron chi connectivity index (χ1n) is 12.6. The molecule has 0 radical (unpaired) electrons. The summed E-state index contributed by atoms with van der Waals surface area (Å²) in [6.07, 6.45) is 1.08. The van der Waals surface area contributed by atoms with Crippen LogP contribution in [-0.2, 0) is 19.8 Å². The first-order chi connectivity index (χ1) is 17.1. The SMILES string of the molecule is CC(C)(C)c1ccc([C@@H]2c3sc(=O)[nH]c3S[C@H]3[C@@H]4C[C@H]([C@H]5C(=O)N(CCCC(=O)O)C(=O)[C@H]45)[C@H]23)cc1. The second-order valence-corrected chi connectivity index (χ2v) is 13.9. The molecule has 3 heterocycles. The molecule has 7 atom stereocenters. The van der Waals surface area contributed by atoms with Gasteiger partial charge in [-0.05, 0) is 47.1 Å². The van der Waals surface area contributed by atoms with Crippen molar-refractivity contribution in [2.24, 2.45) is 29.6 Å². The van der Waals surface area contributed by atoms with Gasteiger partial charge >= 0.3 is 10.8 Å². The number of amides is 2. The molecule has 9 heteroatoms. The Bertz CT molecular complexity index is 1310. The Morgan fingerprint density at radius 3 is 2.39 bits per heavy atom. The molecule has 2 N–H and O–H groups in total. The number of nitrogens with one attached hydrogen (secondary N) is 1. The van der Waals surface area contributed by atoms with Gasteiger partial charge in [-0.2, -0.15) is 0 Å². The predicted molar refractivity (Wildman–Crippen MR) is 137 cm³/mol. The zero-order valence-electron chi connectivity index (χ0n) is 20.5. The van der Waals surface area contributed by atoms with Crippen molar-refractivity contribution in [1.29, 1.82) is 0 Å². The number of aliphatic carboxylic acids is 1. The van der Waals surface area contributed by atoms with Gasteiger partial charge in [-0.3, -0.25) is 24.1 Å². The van der Waals surface area contributed by atoms with Crippen molar-refractivity contribution in [1.82, 2.24) is 9.88 Å². The van der Waals surface area contributed by atoms with Gasteiger partial charge in [0.1, 0.15) is 0 Å². The molecular formula is C27H30N2O5S2. The monoisotopic (exact) mass is 526 g/mol. The van der Waals surface area contributed by atoms with Crippen LogP contribution in [0, 0.1) is 29.6 Å². The molecule has 2 aromatic rings. The molecular weight excluding hydrogens is 496 g/mol. The van der Waals surface area contributed by atoms with Crippen LogP contribution in [-0.4, -0.2) is 44.6 Å². The van der Waals surface area contributed by atoms with E-state index >= 15 is 0 Å². The molecule has 7 nitrogen and oxygen atoms in total. The molecule has 0 unspecified atom stereocenters. The summed E-state index contributed by atoms with van der Waals surface area (Å²) in [5, 5.41) is 10.1. The summed E-state index contributed by atoms with van der Waals surface area (Å²) < 4.78 is 0. The third-order valence-corrected chi connectivity index (χ3v) is 11.3. The number of likely N-dealkylation sites (tertiary alicyclic amines) is 1. The van der Waals surface area contributed by atoms with Gasteiger partial charge in [0.2, 0.25) is 11.8 Å². The lowest BCUT2D eigenvalue weighted by molar-refractivity contribution is -0.142. The number of benzene rings is 1. The van der Waals surface area contributed by atoms with Crippen molar-refractivity contribution in [2.75, 3.05) is 6.54 Å². The Morgan fingerprint density at radius 2 is 1.75 bits per heavy atom. The number of carbonyl (C=O) groups is 3. The topological polar surface area (TPSA) is 108 Å². The van der Waals surface area contributed by atoms with E-state index in [-0.39, 0.29) is 82.2 Å². The van der Waals surface area contributed by atoms with E-state index in [1.165, 1.54) is 21.8 Å². The fourth-order valence-electron chi connectivity index (χ4n) is 7.25. The van der Waals surface area contributed by atoms with Crippen molar-refractivity contribution < 1.29 is 19.5 Å². The number of fused-ring (bicyclic) bond motifs is 9. The Hall–Kier alpha value is -2.39. The number of hydrogen-bond acceptors (Lipinski definition) is 6. The highest BCUT2D eigenvalue weighted by Crippen LogP contribution is 2.68. The highest BCUT2D eigenvalue weighted by atomic mass is 32.2. The lowest BCUT2D eigenvalue weighted by Gasteiger charge is -2.43. The quantitative estimate of drug-likeness (QED) is 0.569. The van der Waals surface area contributed by atoms with E-state index in [0.29, 0.717) is 0 Å². The van der Waals surface area contributed by atoms with Gasteiger partial charge in [0.15, 0.2) is 0 Å². The normalized spacial score (nSPS) is 32.5. The molecule has 1 aromatic carbocycles. The fraction of sp³-hybridized carbons (Fsp3) is 0.556. The Morgan fingerprint density at radius 1 is 1.08 bits per heavy atom. The number of hydrogen-bond donors (Lipinski definition) is 2. The zero-order valence-corrected chi connectivity index (χ0v) is 22.2. The highest BCUT2D eigenvalue weighted by Gasteiger charge is 2.69. The largest absolute Gasteiger partial charge is 0.481 e. The first-order valence-corrected chi connectivity index (χ1v) is 14.3. The lowest BCUT2D eigenvalue weighted by Crippen LogP contribution is -2.42. The second kappa shape index (κ2) is 8.31. The molecule has 2 saturated carbocycles. The van der Waals surface area contributed by atoms with Gasteiger partial charge in [-0.1, -0.05) is 56.4 Å². The van der Waals surface area contributed by atoms with Crippen molar-refractivity contribution in [3.63, 3.8) is 0 Å². The average Bonchev–Trinajstić information content (AvgIpc) is 3.53. The number of nitrogens with zero attached hydrogens (tertiary/aromatic N) is 1. The number of imide groups is 1. The number of aromatic amines is 1. The molecule has 1 aromatic heterocycles. The molecule has 0 spiro atoms. The molecule has 2 bridgehead atoms. The summed E-state index contributed by atoms with van der Waals surface area (Å²) in [5.41, 5.74) is 2.44. The molecule has 4 aliphatic rings. The van der Waals surface area contributed by atoms with E-state index in [1.807, 2.05) is 0 Å². The minimum Gasteiger partial charge on any atom is -0.481 e. The third kappa shape index (κ3) is 3.53. The Kier molecular flexibility index (Phi) is 5.54. The lowest BCUT2D eigenvalue weighted by atomic mass is 9.68. The summed E-state index contributed by atoms with van der Waals surface area (Å²) in [6, 6.07) is 8.70. The minimum absolute atomic E-state index is 0.0177. The van der Waals surface area contributed by atoms with Gasteiger partial charge in [0, 0.05) is 29.0 Å². The first kappa shape index (κ1) is 24.0. The van der Waals surface area contributed by atoms with Crippen LogP contribution in [0.15, 0.2) is 34.1 Å². The number of thiazole rings is 1. The van der Waals surface area contributed by atoms with Crippen LogP contribution >= 0.6 is 23.1 Å². The van der Waals surface area contributed by atoms with Crippen LogP contribution in [0.25, 0.3) is 0 Å². The van der Waals surface area contributed by atoms with E-state index in [2.05, 4.69) is 50.0 Å². The summed E-state index contributed by atoms with van der Waals surface area (Å²) in [5.74, 6) is -1.46.